The number of rotatable bonds is 4. The molecule has 0 spiro atoms. The number of fused-ring (bicyclic) bond motifs is 1. The number of aromatic nitrogens is 2. The molecule has 0 atom stereocenters. The van der Waals surface area contributed by atoms with E-state index in [9.17, 15) is 5.11 Å². The highest BCUT2D eigenvalue weighted by molar-refractivity contribution is 7.71. The number of imidazole rings is 1. The number of H-pyrrole nitrogens is 1. The summed E-state index contributed by atoms with van der Waals surface area (Å²) in [6, 6.07) is 16.1. The molecule has 0 saturated heterocycles. The number of nitrogens with one attached hydrogen (secondary N) is 1. The molecule has 0 saturated carbocycles. The van der Waals surface area contributed by atoms with Gasteiger partial charge in [-0.05, 0) is 60.5 Å². The van der Waals surface area contributed by atoms with E-state index in [1.807, 2.05) is 37.4 Å². The van der Waals surface area contributed by atoms with E-state index in [-0.39, 0.29) is 5.92 Å². The van der Waals surface area contributed by atoms with Gasteiger partial charge in [0, 0.05) is 22.5 Å². The third kappa shape index (κ3) is 3.21. The number of ether oxygens (including phenoxy) is 1. The molecular weight excluding hydrogens is 380 g/mol. The van der Waals surface area contributed by atoms with Crippen LogP contribution in [-0.2, 0) is 0 Å². The van der Waals surface area contributed by atoms with E-state index in [2.05, 4.69) is 47.7 Å². The van der Waals surface area contributed by atoms with Gasteiger partial charge in [-0.25, -0.2) is 0 Å². The van der Waals surface area contributed by atoms with E-state index in [0.717, 1.165) is 44.6 Å². The second kappa shape index (κ2) is 7.41. The zero-order valence-electron chi connectivity index (χ0n) is 17.0. The van der Waals surface area contributed by atoms with Gasteiger partial charge in [0.05, 0.1) is 18.5 Å². The van der Waals surface area contributed by atoms with Crippen molar-refractivity contribution in [2.45, 2.75) is 26.7 Å². The second-order valence-corrected chi connectivity index (χ2v) is 7.91. The number of aromatic amines is 1. The maximum absolute atomic E-state index is 10.4. The molecule has 0 unspecified atom stereocenters. The first kappa shape index (κ1) is 19.3. The Balaban J connectivity index is 2.02. The van der Waals surface area contributed by atoms with Crippen LogP contribution in [0.4, 0.5) is 0 Å². The number of phenols is 1. The fourth-order valence-corrected chi connectivity index (χ4v) is 4.15. The van der Waals surface area contributed by atoms with Gasteiger partial charge < -0.3 is 14.8 Å². The number of aryl methyl sites for hydroxylation is 1. The number of hydrogen-bond acceptors (Lipinski definition) is 3. The summed E-state index contributed by atoms with van der Waals surface area (Å²) in [4.78, 5) is 3.20. The van der Waals surface area contributed by atoms with Gasteiger partial charge in [0.15, 0.2) is 4.77 Å². The van der Waals surface area contributed by atoms with Crippen molar-refractivity contribution in [1.29, 1.82) is 0 Å². The largest absolute Gasteiger partial charge is 0.508 e. The van der Waals surface area contributed by atoms with Gasteiger partial charge >= 0.3 is 0 Å². The lowest BCUT2D eigenvalue weighted by atomic mass is 9.95. The Hall–Kier alpha value is -3.05. The Kier molecular flexibility index (Phi) is 4.92. The number of aromatic hydroxyl groups is 1. The molecule has 2 N–H and O–H groups in total. The maximum atomic E-state index is 10.4. The predicted octanol–water partition coefficient (Wildman–Crippen LogP) is 6.50. The van der Waals surface area contributed by atoms with Crippen molar-refractivity contribution in [2.24, 2.45) is 0 Å². The van der Waals surface area contributed by atoms with Gasteiger partial charge in [-0.15, -0.1) is 0 Å². The van der Waals surface area contributed by atoms with Crippen molar-refractivity contribution in [3.63, 3.8) is 0 Å². The van der Waals surface area contributed by atoms with Crippen LogP contribution in [0.2, 0.25) is 0 Å². The molecule has 4 aromatic rings. The number of benzene rings is 3. The van der Waals surface area contributed by atoms with E-state index in [4.69, 9.17) is 17.0 Å². The summed E-state index contributed by atoms with van der Waals surface area (Å²) in [6.07, 6.45) is 1.94. The van der Waals surface area contributed by atoms with Crippen LogP contribution in [0.25, 0.3) is 27.7 Å². The molecule has 0 bridgehead atoms. The minimum atomic E-state index is 0.214. The average Bonchev–Trinajstić information content (AvgIpc) is 3.07. The summed E-state index contributed by atoms with van der Waals surface area (Å²) in [5.74, 6) is 1.37. The van der Waals surface area contributed by atoms with E-state index in [1.54, 1.807) is 7.11 Å². The molecule has 3 aromatic carbocycles. The summed E-state index contributed by atoms with van der Waals surface area (Å²) in [5, 5.41) is 12.5. The maximum Gasteiger partial charge on any atom is 0.182 e. The highest BCUT2D eigenvalue weighted by Crippen LogP contribution is 2.37. The molecule has 1 aromatic heterocycles. The van der Waals surface area contributed by atoms with Crippen LogP contribution in [0, 0.1) is 11.7 Å². The summed E-state index contributed by atoms with van der Waals surface area (Å²) < 4.78 is 8.22. The third-order valence-corrected chi connectivity index (χ3v) is 5.67. The zero-order chi connectivity index (χ0) is 20.7. The summed E-state index contributed by atoms with van der Waals surface area (Å²) >= 11 is 5.66. The molecule has 4 nitrogen and oxygen atoms in total. The quantitative estimate of drug-likeness (QED) is 0.382. The van der Waals surface area contributed by atoms with Crippen molar-refractivity contribution >= 4 is 23.0 Å². The van der Waals surface area contributed by atoms with Crippen LogP contribution in [0.5, 0.6) is 11.5 Å². The molecule has 0 aliphatic rings. The standard InChI is InChI=1S/C24H24N2O2S/c1-14(2)18-12-19(15(3)11-22(18)27)21-13-25-24(29)26(21)20-9-5-8-17-16(20)7-6-10-23(17)28-4/h5-14,27H,1-4H3,(H,25,29). The number of methoxy groups -OCH3 is 1. The molecule has 0 aliphatic heterocycles. The van der Waals surface area contributed by atoms with Gasteiger partial charge in [-0.2, -0.15) is 0 Å². The lowest BCUT2D eigenvalue weighted by Gasteiger charge is -2.17. The zero-order valence-corrected chi connectivity index (χ0v) is 17.8. The highest BCUT2D eigenvalue weighted by atomic mass is 32.1. The third-order valence-electron chi connectivity index (χ3n) is 5.37. The van der Waals surface area contributed by atoms with Crippen molar-refractivity contribution in [3.05, 3.63) is 70.6 Å². The van der Waals surface area contributed by atoms with Crippen LogP contribution in [0.3, 0.4) is 0 Å². The minimum absolute atomic E-state index is 0.214. The molecule has 0 radical (unpaired) electrons. The van der Waals surface area contributed by atoms with E-state index >= 15 is 0 Å². The van der Waals surface area contributed by atoms with Crippen molar-refractivity contribution in [3.8, 4) is 28.4 Å². The van der Waals surface area contributed by atoms with Crippen LogP contribution in [-0.4, -0.2) is 21.8 Å². The lowest BCUT2D eigenvalue weighted by Crippen LogP contribution is -2.01. The summed E-state index contributed by atoms with van der Waals surface area (Å²) in [6.45, 7) is 6.16. The Morgan fingerprint density at radius 3 is 2.52 bits per heavy atom. The van der Waals surface area contributed by atoms with Gasteiger partial charge in [0.1, 0.15) is 11.5 Å². The molecule has 5 heteroatoms. The lowest BCUT2D eigenvalue weighted by molar-refractivity contribution is 0.420. The van der Waals surface area contributed by atoms with Crippen LogP contribution >= 0.6 is 12.2 Å². The second-order valence-electron chi connectivity index (χ2n) is 7.53. The molecule has 0 amide bonds. The van der Waals surface area contributed by atoms with Gasteiger partial charge in [0.25, 0.3) is 0 Å². The Morgan fingerprint density at radius 2 is 1.79 bits per heavy atom. The van der Waals surface area contributed by atoms with E-state index in [0.29, 0.717) is 10.5 Å². The first-order valence-electron chi connectivity index (χ1n) is 9.62. The molecular formula is C24H24N2O2S. The Labute approximate surface area is 175 Å². The average molecular weight is 405 g/mol. The minimum Gasteiger partial charge on any atom is -0.508 e. The molecule has 1 heterocycles. The van der Waals surface area contributed by atoms with Gasteiger partial charge in [-0.1, -0.05) is 38.1 Å². The Morgan fingerprint density at radius 1 is 1.07 bits per heavy atom. The SMILES string of the molecule is COc1cccc2c(-n3c(-c4cc(C(C)C)c(O)cc4C)c[nH]c3=S)cccc12. The monoisotopic (exact) mass is 404 g/mol. The topological polar surface area (TPSA) is 50.2 Å². The summed E-state index contributed by atoms with van der Waals surface area (Å²) in [5.41, 5.74) is 4.90. The van der Waals surface area contributed by atoms with Crippen LogP contribution in [0.1, 0.15) is 30.9 Å². The molecule has 148 valence electrons. The Bertz CT molecular complexity index is 1270. The fourth-order valence-electron chi connectivity index (χ4n) is 3.89. The van der Waals surface area contributed by atoms with Gasteiger partial charge in [0.2, 0.25) is 0 Å². The van der Waals surface area contributed by atoms with E-state index in [1.165, 1.54) is 0 Å². The first-order valence-corrected chi connectivity index (χ1v) is 10.0. The summed E-state index contributed by atoms with van der Waals surface area (Å²) in [7, 11) is 1.68. The predicted molar refractivity (Wildman–Crippen MR) is 121 cm³/mol. The molecule has 0 aliphatic carbocycles. The van der Waals surface area contributed by atoms with Crippen LogP contribution < -0.4 is 4.74 Å². The van der Waals surface area contributed by atoms with E-state index < -0.39 is 0 Å². The first-order chi connectivity index (χ1) is 13.9. The van der Waals surface area contributed by atoms with Crippen molar-refractivity contribution < 1.29 is 9.84 Å². The number of phenolic OH excluding ortho intramolecular Hbond substituents is 1. The number of hydrogen-bond donors (Lipinski definition) is 2. The number of nitrogens with zero attached hydrogens (tertiary/aromatic N) is 1. The van der Waals surface area contributed by atoms with Crippen LogP contribution in [0.15, 0.2) is 54.7 Å². The van der Waals surface area contributed by atoms with Crippen molar-refractivity contribution in [1.82, 2.24) is 9.55 Å². The molecule has 0 fully saturated rings. The highest BCUT2D eigenvalue weighted by Gasteiger charge is 2.17. The smallest absolute Gasteiger partial charge is 0.182 e. The fraction of sp³-hybridized carbons (Fsp3) is 0.208. The van der Waals surface area contributed by atoms with Crippen molar-refractivity contribution in [2.75, 3.05) is 7.11 Å². The molecule has 29 heavy (non-hydrogen) atoms. The van der Waals surface area contributed by atoms with Gasteiger partial charge in [-0.3, -0.25) is 4.57 Å². The normalized spacial score (nSPS) is 11.3. The molecule has 4 rings (SSSR count).